The Labute approximate surface area is 148 Å². The second-order valence-corrected chi connectivity index (χ2v) is 7.09. The van der Waals surface area contributed by atoms with E-state index in [9.17, 15) is 0 Å². The molecule has 0 aliphatic heterocycles. The summed E-state index contributed by atoms with van der Waals surface area (Å²) in [6.45, 7) is 6.89. The predicted molar refractivity (Wildman–Crippen MR) is 98.3 cm³/mol. The van der Waals surface area contributed by atoms with Gasteiger partial charge in [-0.3, -0.25) is 5.10 Å². The number of rotatable bonds is 5. The second-order valence-electron chi connectivity index (χ2n) is 7.09. The fourth-order valence-corrected chi connectivity index (χ4v) is 2.53. The van der Waals surface area contributed by atoms with Crippen molar-refractivity contribution in [1.29, 1.82) is 0 Å². The summed E-state index contributed by atoms with van der Waals surface area (Å²) in [5.41, 5.74) is 8.59. The van der Waals surface area contributed by atoms with Crippen LogP contribution in [0.4, 0.5) is 0 Å². The number of benzene rings is 2. The molecule has 1 unspecified atom stereocenters. The van der Waals surface area contributed by atoms with Gasteiger partial charge in [-0.15, -0.1) is 0 Å². The minimum absolute atomic E-state index is 0.131. The highest BCUT2D eigenvalue weighted by Gasteiger charge is 2.15. The number of aromatic amines is 1. The molecule has 1 heterocycles. The number of nitrogens with zero attached hydrogens (tertiary/aromatic N) is 2. The molecule has 1 aromatic heterocycles. The van der Waals surface area contributed by atoms with E-state index in [1.165, 1.54) is 5.56 Å². The minimum Gasteiger partial charge on any atom is -0.486 e. The Balaban J connectivity index is 1.62. The Morgan fingerprint density at radius 3 is 2.36 bits per heavy atom. The molecule has 0 amide bonds. The first-order valence-electron chi connectivity index (χ1n) is 8.38. The van der Waals surface area contributed by atoms with Crippen molar-refractivity contribution in [3.8, 4) is 5.75 Å². The van der Waals surface area contributed by atoms with Gasteiger partial charge < -0.3 is 10.5 Å². The van der Waals surface area contributed by atoms with Crippen LogP contribution in [0.5, 0.6) is 5.75 Å². The van der Waals surface area contributed by atoms with Crippen molar-refractivity contribution in [3.05, 3.63) is 77.4 Å². The van der Waals surface area contributed by atoms with Gasteiger partial charge in [0.1, 0.15) is 12.4 Å². The van der Waals surface area contributed by atoms with E-state index in [1.54, 1.807) is 0 Å². The molecule has 0 aliphatic rings. The van der Waals surface area contributed by atoms with Crippen molar-refractivity contribution < 1.29 is 4.74 Å². The molecule has 3 rings (SSSR count). The predicted octanol–water partition coefficient (Wildman–Crippen LogP) is 3.73. The topological polar surface area (TPSA) is 76.8 Å². The zero-order valence-corrected chi connectivity index (χ0v) is 14.9. The summed E-state index contributed by atoms with van der Waals surface area (Å²) < 4.78 is 5.78. The van der Waals surface area contributed by atoms with Crippen molar-refractivity contribution in [1.82, 2.24) is 15.2 Å². The zero-order chi connectivity index (χ0) is 17.9. The molecule has 130 valence electrons. The largest absolute Gasteiger partial charge is 0.486 e. The Morgan fingerprint density at radius 2 is 1.72 bits per heavy atom. The lowest BCUT2D eigenvalue weighted by molar-refractivity contribution is 0.296. The molecule has 2 aromatic carbocycles. The molecule has 0 aliphatic carbocycles. The Bertz CT molecular complexity index is 804. The van der Waals surface area contributed by atoms with Gasteiger partial charge in [0.05, 0.1) is 6.04 Å². The van der Waals surface area contributed by atoms with Crippen molar-refractivity contribution in [2.45, 2.75) is 38.8 Å². The van der Waals surface area contributed by atoms with E-state index >= 15 is 0 Å². The third-order valence-electron chi connectivity index (χ3n) is 4.08. The Hall–Kier alpha value is -2.66. The van der Waals surface area contributed by atoms with E-state index in [0.717, 1.165) is 11.3 Å². The van der Waals surface area contributed by atoms with Gasteiger partial charge in [-0.05, 0) is 28.7 Å². The first-order valence-corrected chi connectivity index (χ1v) is 8.38. The van der Waals surface area contributed by atoms with E-state index in [4.69, 9.17) is 10.5 Å². The second kappa shape index (κ2) is 7.07. The molecule has 0 fully saturated rings. The molecule has 5 heteroatoms. The molecule has 3 aromatic rings. The quantitative estimate of drug-likeness (QED) is 0.744. The maximum absolute atomic E-state index is 6.21. The standard InChI is InChI=1S/C20H24N4O/c1-20(2,3)15-9-11-16(12-10-15)25-13-17-22-19(24-23-17)18(21)14-7-5-4-6-8-14/h4-12,18H,13,21H2,1-3H3,(H,22,23,24). The summed E-state index contributed by atoms with van der Waals surface area (Å²) in [5, 5.41) is 7.11. The van der Waals surface area contributed by atoms with Crippen molar-refractivity contribution >= 4 is 0 Å². The van der Waals surface area contributed by atoms with E-state index in [0.29, 0.717) is 18.3 Å². The first kappa shape index (κ1) is 17.2. The fraction of sp³-hybridized carbons (Fsp3) is 0.300. The number of H-pyrrole nitrogens is 1. The average molecular weight is 336 g/mol. The van der Waals surface area contributed by atoms with Gasteiger partial charge >= 0.3 is 0 Å². The summed E-state index contributed by atoms with van der Waals surface area (Å²) in [4.78, 5) is 4.44. The number of ether oxygens (including phenoxy) is 1. The highest BCUT2D eigenvalue weighted by molar-refractivity contribution is 5.31. The first-order chi connectivity index (χ1) is 11.9. The molecular weight excluding hydrogens is 312 g/mol. The van der Waals surface area contributed by atoms with Crippen molar-refractivity contribution in [3.63, 3.8) is 0 Å². The van der Waals surface area contributed by atoms with Gasteiger partial charge in [-0.1, -0.05) is 63.2 Å². The molecule has 0 saturated heterocycles. The molecule has 0 spiro atoms. The van der Waals surface area contributed by atoms with Crippen LogP contribution in [0.25, 0.3) is 0 Å². The van der Waals surface area contributed by atoms with Gasteiger partial charge in [-0.25, -0.2) is 4.98 Å². The minimum atomic E-state index is -0.350. The Morgan fingerprint density at radius 1 is 1.04 bits per heavy atom. The normalized spacial score (nSPS) is 12.8. The van der Waals surface area contributed by atoms with Crippen LogP contribution in [-0.4, -0.2) is 15.2 Å². The van der Waals surface area contributed by atoms with Crippen molar-refractivity contribution in [2.24, 2.45) is 5.73 Å². The lowest BCUT2D eigenvalue weighted by Crippen LogP contribution is -2.13. The van der Waals surface area contributed by atoms with E-state index in [1.807, 2.05) is 42.5 Å². The SMILES string of the molecule is CC(C)(C)c1ccc(OCc2nc(C(N)c3ccccc3)n[nH]2)cc1. The van der Waals surface area contributed by atoms with Crippen LogP contribution in [0, 0.1) is 0 Å². The number of aromatic nitrogens is 3. The van der Waals surface area contributed by atoms with Gasteiger partial charge in [-0.2, -0.15) is 5.10 Å². The van der Waals surface area contributed by atoms with E-state index < -0.39 is 0 Å². The summed E-state index contributed by atoms with van der Waals surface area (Å²) in [6.07, 6.45) is 0. The van der Waals surface area contributed by atoms with Crippen LogP contribution in [0.3, 0.4) is 0 Å². The number of hydrogen-bond donors (Lipinski definition) is 2. The van der Waals surface area contributed by atoms with Gasteiger partial charge in [0.2, 0.25) is 0 Å². The molecule has 0 bridgehead atoms. The molecule has 5 nitrogen and oxygen atoms in total. The third kappa shape index (κ3) is 4.25. The molecule has 3 N–H and O–H groups in total. The Kier molecular flexibility index (Phi) is 4.86. The molecule has 0 radical (unpaired) electrons. The molecule has 0 saturated carbocycles. The summed E-state index contributed by atoms with van der Waals surface area (Å²) >= 11 is 0. The lowest BCUT2D eigenvalue weighted by atomic mass is 9.87. The number of nitrogens with one attached hydrogen (secondary N) is 1. The molecule has 1 atom stereocenters. The maximum Gasteiger partial charge on any atom is 0.172 e. The maximum atomic E-state index is 6.21. The summed E-state index contributed by atoms with van der Waals surface area (Å²) in [7, 11) is 0. The smallest absolute Gasteiger partial charge is 0.172 e. The third-order valence-corrected chi connectivity index (χ3v) is 4.08. The van der Waals surface area contributed by atoms with Gasteiger partial charge in [0, 0.05) is 0 Å². The molecular formula is C20H24N4O. The fourth-order valence-electron chi connectivity index (χ4n) is 2.53. The molecule has 25 heavy (non-hydrogen) atoms. The monoisotopic (exact) mass is 336 g/mol. The lowest BCUT2D eigenvalue weighted by Gasteiger charge is -2.19. The van der Waals surface area contributed by atoms with Crippen molar-refractivity contribution in [2.75, 3.05) is 0 Å². The highest BCUT2D eigenvalue weighted by atomic mass is 16.5. The van der Waals surface area contributed by atoms with Crippen LogP contribution in [0.15, 0.2) is 54.6 Å². The summed E-state index contributed by atoms with van der Waals surface area (Å²) in [5.74, 6) is 2.02. The zero-order valence-electron chi connectivity index (χ0n) is 14.9. The van der Waals surface area contributed by atoms with Gasteiger partial charge in [0.15, 0.2) is 11.6 Å². The summed E-state index contributed by atoms with van der Waals surface area (Å²) in [6, 6.07) is 17.6. The van der Waals surface area contributed by atoms with E-state index in [2.05, 4.69) is 48.1 Å². The van der Waals surface area contributed by atoms with Crippen LogP contribution >= 0.6 is 0 Å². The van der Waals surface area contributed by atoms with E-state index in [-0.39, 0.29) is 11.5 Å². The van der Waals surface area contributed by atoms with Crippen LogP contribution in [-0.2, 0) is 12.0 Å². The van der Waals surface area contributed by atoms with Crippen LogP contribution in [0.2, 0.25) is 0 Å². The number of hydrogen-bond acceptors (Lipinski definition) is 4. The highest BCUT2D eigenvalue weighted by Crippen LogP contribution is 2.24. The average Bonchev–Trinajstić information content (AvgIpc) is 3.09. The van der Waals surface area contributed by atoms with Crippen LogP contribution < -0.4 is 10.5 Å². The number of nitrogens with two attached hydrogens (primary N) is 1. The van der Waals surface area contributed by atoms with Crippen LogP contribution in [0.1, 0.15) is 49.6 Å². The van der Waals surface area contributed by atoms with Gasteiger partial charge in [0.25, 0.3) is 0 Å².